The Morgan fingerprint density at radius 1 is 1.59 bits per heavy atom. The quantitative estimate of drug-likeness (QED) is 0.763. The Morgan fingerprint density at radius 3 is 3.06 bits per heavy atom. The molecule has 4 nitrogen and oxygen atoms in total. The topological polar surface area (TPSA) is 44.4 Å². The average Bonchev–Trinajstić information content (AvgIpc) is 2.76. The van der Waals surface area contributed by atoms with Crippen LogP contribution in [0, 0.1) is 0 Å². The van der Waals surface area contributed by atoms with Crippen molar-refractivity contribution in [2.24, 2.45) is 0 Å². The molecule has 0 bridgehead atoms. The summed E-state index contributed by atoms with van der Waals surface area (Å²) < 4.78 is 0. The number of rotatable bonds is 3. The summed E-state index contributed by atoms with van der Waals surface area (Å²) in [6.45, 7) is 7.78. The van der Waals surface area contributed by atoms with E-state index < -0.39 is 0 Å². The van der Waals surface area contributed by atoms with Crippen LogP contribution in [0.25, 0.3) is 0 Å². The van der Waals surface area contributed by atoms with Crippen LogP contribution in [0.3, 0.4) is 0 Å². The Kier molecular flexibility index (Phi) is 4.70. The highest BCUT2D eigenvalue weighted by molar-refractivity contribution is 8.00. The van der Waals surface area contributed by atoms with E-state index in [0.717, 1.165) is 31.4 Å². The molecule has 0 saturated carbocycles. The highest BCUT2D eigenvalue weighted by Crippen LogP contribution is 2.30. The van der Waals surface area contributed by atoms with Gasteiger partial charge in [-0.1, -0.05) is 6.92 Å². The van der Waals surface area contributed by atoms with Crippen molar-refractivity contribution in [3.63, 3.8) is 0 Å². The van der Waals surface area contributed by atoms with Gasteiger partial charge < -0.3 is 10.6 Å². The number of nitrogens with zero attached hydrogens (tertiary/aromatic N) is 1. The first-order valence-electron chi connectivity index (χ1n) is 6.58. The lowest BCUT2D eigenvalue weighted by atomic mass is 10.1. The molecule has 98 valence electrons. The summed E-state index contributed by atoms with van der Waals surface area (Å²) in [6.07, 6.45) is 1.22. The number of carbonyl (C=O) groups is 1. The molecular formula is C12H23N3OS. The van der Waals surface area contributed by atoms with E-state index >= 15 is 0 Å². The van der Waals surface area contributed by atoms with Crippen LogP contribution in [0.4, 0.5) is 0 Å². The standard InChI is InChI=1S/C12H23N3OS/c1-3-14-12(16)11-7-13-4-5-15(11)10-6-9(2)17-8-10/h9-11,13H,3-8H2,1-2H3,(H,14,16). The molecule has 0 aromatic rings. The second-order valence-corrected chi connectivity index (χ2v) is 6.36. The lowest BCUT2D eigenvalue weighted by Crippen LogP contribution is -2.60. The third kappa shape index (κ3) is 3.14. The van der Waals surface area contributed by atoms with Crippen LogP contribution < -0.4 is 10.6 Å². The molecule has 0 aliphatic carbocycles. The fraction of sp³-hybridized carbons (Fsp3) is 0.917. The fourth-order valence-electron chi connectivity index (χ4n) is 2.72. The molecule has 2 fully saturated rings. The van der Waals surface area contributed by atoms with E-state index in [1.165, 1.54) is 12.2 Å². The summed E-state index contributed by atoms with van der Waals surface area (Å²) in [5.74, 6) is 1.36. The molecule has 17 heavy (non-hydrogen) atoms. The van der Waals surface area contributed by atoms with Gasteiger partial charge in [0.1, 0.15) is 6.04 Å². The van der Waals surface area contributed by atoms with Gasteiger partial charge in [0.05, 0.1) is 0 Å². The Labute approximate surface area is 108 Å². The lowest BCUT2D eigenvalue weighted by Gasteiger charge is -2.39. The van der Waals surface area contributed by atoms with Gasteiger partial charge in [-0.2, -0.15) is 11.8 Å². The molecule has 2 rings (SSSR count). The second-order valence-electron chi connectivity index (χ2n) is 4.89. The van der Waals surface area contributed by atoms with Crippen molar-refractivity contribution in [1.29, 1.82) is 0 Å². The van der Waals surface area contributed by atoms with Gasteiger partial charge in [0, 0.05) is 43.2 Å². The maximum Gasteiger partial charge on any atom is 0.238 e. The predicted octanol–water partition coefficient (Wildman–Crippen LogP) is 0.290. The molecule has 0 aromatic carbocycles. The molecule has 2 N–H and O–H groups in total. The zero-order valence-electron chi connectivity index (χ0n) is 10.7. The van der Waals surface area contributed by atoms with Crippen LogP contribution in [0.1, 0.15) is 20.3 Å². The highest BCUT2D eigenvalue weighted by atomic mass is 32.2. The number of hydrogen-bond donors (Lipinski definition) is 2. The molecule has 0 spiro atoms. The normalized spacial score (nSPS) is 34.8. The van der Waals surface area contributed by atoms with Crippen molar-refractivity contribution in [3.05, 3.63) is 0 Å². The van der Waals surface area contributed by atoms with Crippen molar-refractivity contribution < 1.29 is 4.79 Å². The molecule has 3 unspecified atom stereocenters. The number of hydrogen-bond acceptors (Lipinski definition) is 4. The third-order valence-corrected chi connectivity index (χ3v) is 4.92. The maximum absolute atomic E-state index is 12.0. The molecule has 0 aromatic heterocycles. The molecule has 2 aliphatic heterocycles. The van der Waals surface area contributed by atoms with E-state index in [2.05, 4.69) is 22.5 Å². The number of piperazine rings is 1. The largest absolute Gasteiger partial charge is 0.355 e. The third-order valence-electron chi connectivity index (χ3n) is 3.58. The number of thioether (sulfide) groups is 1. The van der Waals surface area contributed by atoms with E-state index in [1.54, 1.807) is 0 Å². The minimum atomic E-state index is 0.0274. The van der Waals surface area contributed by atoms with Gasteiger partial charge in [-0.15, -0.1) is 0 Å². The summed E-state index contributed by atoms with van der Waals surface area (Å²) in [4.78, 5) is 14.5. The summed E-state index contributed by atoms with van der Waals surface area (Å²) in [5.41, 5.74) is 0. The Balaban J connectivity index is 1.99. The lowest BCUT2D eigenvalue weighted by molar-refractivity contribution is -0.127. The Hall–Kier alpha value is -0.260. The SMILES string of the molecule is CCNC(=O)C1CNCCN1C1CSC(C)C1. The van der Waals surface area contributed by atoms with Gasteiger partial charge in [-0.3, -0.25) is 9.69 Å². The smallest absolute Gasteiger partial charge is 0.238 e. The molecule has 2 aliphatic rings. The Morgan fingerprint density at radius 2 is 2.41 bits per heavy atom. The van der Waals surface area contributed by atoms with Gasteiger partial charge in [0.15, 0.2) is 0 Å². The van der Waals surface area contributed by atoms with E-state index in [4.69, 9.17) is 0 Å². The zero-order chi connectivity index (χ0) is 12.3. The van der Waals surface area contributed by atoms with Crippen molar-refractivity contribution in [2.45, 2.75) is 37.6 Å². The predicted molar refractivity (Wildman–Crippen MR) is 72.4 cm³/mol. The summed E-state index contributed by atoms with van der Waals surface area (Å²) in [5, 5.41) is 7.02. The number of nitrogens with one attached hydrogen (secondary N) is 2. The molecule has 2 heterocycles. The minimum absolute atomic E-state index is 0.0274. The van der Waals surface area contributed by atoms with E-state index in [9.17, 15) is 4.79 Å². The number of likely N-dealkylation sites (N-methyl/N-ethyl adjacent to an activating group) is 1. The highest BCUT2D eigenvalue weighted by Gasteiger charge is 2.36. The molecule has 1 amide bonds. The molecule has 0 radical (unpaired) electrons. The Bertz CT molecular complexity index is 274. The fourth-order valence-corrected chi connectivity index (χ4v) is 3.95. The molecular weight excluding hydrogens is 234 g/mol. The van der Waals surface area contributed by atoms with Crippen LogP contribution in [-0.4, -0.2) is 60.1 Å². The van der Waals surface area contributed by atoms with Gasteiger partial charge in [0.2, 0.25) is 5.91 Å². The first kappa shape index (κ1) is 13.2. The van der Waals surface area contributed by atoms with Crippen molar-refractivity contribution in [1.82, 2.24) is 15.5 Å². The van der Waals surface area contributed by atoms with Crippen LogP contribution in [-0.2, 0) is 4.79 Å². The maximum atomic E-state index is 12.0. The first-order valence-corrected chi connectivity index (χ1v) is 7.63. The van der Waals surface area contributed by atoms with Crippen LogP contribution in [0.15, 0.2) is 0 Å². The van der Waals surface area contributed by atoms with Crippen LogP contribution in [0.2, 0.25) is 0 Å². The first-order chi connectivity index (χ1) is 8.22. The van der Waals surface area contributed by atoms with E-state index in [0.29, 0.717) is 6.04 Å². The molecule has 2 saturated heterocycles. The number of carbonyl (C=O) groups excluding carboxylic acids is 1. The van der Waals surface area contributed by atoms with Gasteiger partial charge >= 0.3 is 0 Å². The summed E-state index contributed by atoms with van der Waals surface area (Å²) in [6, 6.07) is 0.615. The van der Waals surface area contributed by atoms with E-state index in [1.807, 2.05) is 18.7 Å². The van der Waals surface area contributed by atoms with Crippen LogP contribution in [0.5, 0.6) is 0 Å². The second kappa shape index (κ2) is 6.07. The zero-order valence-corrected chi connectivity index (χ0v) is 11.6. The van der Waals surface area contributed by atoms with Crippen LogP contribution >= 0.6 is 11.8 Å². The summed E-state index contributed by atoms with van der Waals surface area (Å²) >= 11 is 2.03. The van der Waals surface area contributed by atoms with Crippen molar-refractivity contribution >= 4 is 17.7 Å². The van der Waals surface area contributed by atoms with Crippen molar-refractivity contribution in [3.8, 4) is 0 Å². The summed E-state index contributed by atoms with van der Waals surface area (Å²) in [7, 11) is 0. The van der Waals surface area contributed by atoms with Crippen molar-refractivity contribution in [2.75, 3.05) is 31.9 Å². The molecule has 5 heteroatoms. The number of amides is 1. The molecule has 3 atom stereocenters. The van der Waals surface area contributed by atoms with Gasteiger partial charge in [-0.05, 0) is 13.3 Å². The average molecular weight is 257 g/mol. The minimum Gasteiger partial charge on any atom is -0.355 e. The van der Waals surface area contributed by atoms with E-state index in [-0.39, 0.29) is 11.9 Å². The monoisotopic (exact) mass is 257 g/mol. The van der Waals surface area contributed by atoms with Gasteiger partial charge in [0.25, 0.3) is 0 Å². The van der Waals surface area contributed by atoms with Gasteiger partial charge in [-0.25, -0.2) is 0 Å².